The number of amides is 2. The lowest BCUT2D eigenvalue weighted by molar-refractivity contribution is -0.120. The summed E-state index contributed by atoms with van der Waals surface area (Å²) >= 11 is 1.65. The zero-order chi connectivity index (χ0) is 20.4. The summed E-state index contributed by atoms with van der Waals surface area (Å²) in [6.07, 6.45) is 5.54. The summed E-state index contributed by atoms with van der Waals surface area (Å²) in [5.74, 6) is 0.906. The molecule has 0 unspecified atom stereocenters. The van der Waals surface area contributed by atoms with E-state index >= 15 is 0 Å². The molecule has 1 N–H and O–H groups in total. The van der Waals surface area contributed by atoms with E-state index in [0.29, 0.717) is 5.75 Å². The van der Waals surface area contributed by atoms with Crippen molar-refractivity contribution in [3.8, 4) is 0 Å². The Labute approximate surface area is 177 Å². The quantitative estimate of drug-likeness (QED) is 0.716. The number of carbonyl (C=O) groups excluding carboxylic acids is 2. The lowest BCUT2D eigenvalue weighted by Crippen LogP contribution is -2.28. The van der Waals surface area contributed by atoms with Crippen molar-refractivity contribution in [1.82, 2.24) is 0 Å². The van der Waals surface area contributed by atoms with E-state index in [-0.39, 0.29) is 23.1 Å². The molecule has 2 amide bonds. The van der Waals surface area contributed by atoms with Crippen LogP contribution in [0.1, 0.15) is 54.2 Å². The van der Waals surface area contributed by atoms with Crippen molar-refractivity contribution in [2.45, 2.75) is 51.3 Å². The summed E-state index contributed by atoms with van der Waals surface area (Å²) in [5.41, 5.74) is 5.18. The van der Waals surface area contributed by atoms with Crippen molar-refractivity contribution in [3.63, 3.8) is 0 Å². The highest BCUT2D eigenvalue weighted by atomic mass is 32.2. The Morgan fingerprint density at radius 2 is 1.66 bits per heavy atom. The molecule has 2 fully saturated rings. The molecule has 0 bridgehead atoms. The average Bonchev–Trinajstić information content (AvgIpc) is 3.10. The normalized spacial score (nSPS) is 20.1. The first kappa shape index (κ1) is 20.0. The van der Waals surface area contributed by atoms with Crippen LogP contribution in [0.3, 0.4) is 0 Å². The molecular weight excluding hydrogens is 380 g/mol. The third-order valence-corrected chi connectivity index (χ3v) is 7.00. The molecule has 0 spiro atoms. The maximum absolute atomic E-state index is 12.6. The van der Waals surface area contributed by atoms with Crippen LogP contribution in [0.25, 0.3) is 0 Å². The van der Waals surface area contributed by atoms with E-state index in [1.54, 1.807) is 11.8 Å². The van der Waals surface area contributed by atoms with Gasteiger partial charge in [-0.1, -0.05) is 37.5 Å². The van der Waals surface area contributed by atoms with Gasteiger partial charge in [0.1, 0.15) is 5.37 Å². The van der Waals surface area contributed by atoms with Gasteiger partial charge in [-0.25, -0.2) is 0 Å². The molecule has 1 saturated heterocycles. The second-order valence-electron chi connectivity index (χ2n) is 8.22. The Balaban J connectivity index is 1.50. The number of hydrogen-bond acceptors (Lipinski definition) is 3. The monoisotopic (exact) mass is 408 g/mol. The fourth-order valence-corrected chi connectivity index (χ4v) is 5.56. The van der Waals surface area contributed by atoms with Crippen LogP contribution in [-0.2, 0) is 9.59 Å². The van der Waals surface area contributed by atoms with E-state index < -0.39 is 0 Å². The molecule has 1 aliphatic carbocycles. The van der Waals surface area contributed by atoms with Crippen molar-refractivity contribution in [3.05, 3.63) is 59.2 Å². The maximum Gasteiger partial charge on any atom is 0.238 e. The average molecular weight is 409 g/mol. The van der Waals surface area contributed by atoms with Crippen LogP contribution < -0.4 is 10.2 Å². The van der Waals surface area contributed by atoms with Crippen LogP contribution in [0.4, 0.5) is 11.4 Å². The van der Waals surface area contributed by atoms with E-state index in [0.717, 1.165) is 53.7 Å². The largest absolute Gasteiger partial charge is 0.326 e. The van der Waals surface area contributed by atoms with Gasteiger partial charge in [-0.3, -0.25) is 14.5 Å². The summed E-state index contributed by atoms with van der Waals surface area (Å²) < 4.78 is 0. The lowest BCUT2D eigenvalue weighted by Gasteiger charge is -2.25. The zero-order valence-electron chi connectivity index (χ0n) is 17.1. The van der Waals surface area contributed by atoms with Gasteiger partial charge in [0.15, 0.2) is 0 Å². The molecule has 1 aliphatic heterocycles. The first-order valence-electron chi connectivity index (χ1n) is 10.4. The summed E-state index contributed by atoms with van der Waals surface area (Å²) in [5, 5.41) is 3.03. The van der Waals surface area contributed by atoms with Crippen LogP contribution in [0.5, 0.6) is 0 Å². The highest BCUT2D eigenvalue weighted by molar-refractivity contribution is 8.00. The Bertz CT molecular complexity index is 883. The van der Waals surface area contributed by atoms with Gasteiger partial charge in [0.05, 0.1) is 5.75 Å². The minimum Gasteiger partial charge on any atom is -0.326 e. The van der Waals surface area contributed by atoms with Crippen LogP contribution in [-0.4, -0.2) is 17.6 Å². The van der Waals surface area contributed by atoms with Crippen LogP contribution in [0.2, 0.25) is 0 Å². The molecule has 29 heavy (non-hydrogen) atoms. The highest BCUT2D eigenvalue weighted by Gasteiger charge is 2.34. The number of hydrogen-bond donors (Lipinski definition) is 1. The molecule has 1 atom stereocenters. The topological polar surface area (TPSA) is 49.4 Å². The lowest BCUT2D eigenvalue weighted by atomic mass is 9.88. The van der Waals surface area contributed by atoms with E-state index in [1.807, 2.05) is 29.2 Å². The first-order chi connectivity index (χ1) is 14.0. The van der Waals surface area contributed by atoms with Gasteiger partial charge < -0.3 is 5.32 Å². The molecule has 4 nitrogen and oxygen atoms in total. The predicted octanol–water partition coefficient (Wildman–Crippen LogP) is 5.60. The van der Waals surface area contributed by atoms with Crippen molar-refractivity contribution in [2.24, 2.45) is 5.92 Å². The van der Waals surface area contributed by atoms with Gasteiger partial charge in [0.25, 0.3) is 0 Å². The van der Waals surface area contributed by atoms with E-state index in [2.05, 4.69) is 37.4 Å². The van der Waals surface area contributed by atoms with Crippen LogP contribution in [0, 0.1) is 19.8 Å². The fourth-order valence-electron chi connectivity index (χ4n) is 4.38. The molecule has 2 aliphatic rings. The Morgan fingerprint density at radius 3 is 2.31 bits per heavy atom. The van der Waals surface area contributed by atoms with Gasteiger partial charge >= 0.3 is 0 Å². The van der Waals surface area contributed by atoms with Crippen molar-refractivity contribution >= 4 is 35.0 Å². The SMILES string of the molecule is Cc1cc(C)cc(N2C(=O)CS[C@@H]2c2ccc(NC(=O)C3CCCCC3)cc2)c1. The fraction of sp³-hybridized carbons (Fsp3) is 0.417. The van der Waals surface area contributed by atoms with Gasteiger partial charge in [0, 0.05) is 17.3 Å². The van der Waals surface area contributed by atoms with E-state index in [9.17, 15) is 9.59 Å². The smallest absolute Gasteiger partial charge is 0.238 e. The second kappa shape index (κ2) is 8.62. The van der Waals surface area contributed by atoms with Crippen molar-refractivity contribution < 1.29 is 9.59 Å². The van der Waals surface area contributed by atoms with Crippen molar-refractivity contribution in [2.75, 3.05) is 16.0 Å². The van der Waals surface area contributed by atoms with Crippen molar-refractivity contribution in [1.29, 1.82) is 0 Å². The highest BCUT2D eigenvalue weighted by Crippen LogP contribution is 2.42. The van der Waals surface area contributed by atoms with Crippen LogP contribution in [0.15, 0.2) is 42.5 Å². The maximum atomic E-state index is 12.6. The molecule has 1 saturated carbocycles. The molecule has 1 heterocycles. The van der Waals surface area contributed by atoms with Gasteiger partial charge in [-0.05, 0) is 67.6 Å². The molecule has 0 radical (unpaired) electrons. The second-order valence-corrected chi connectivity index (χ2v) is 9.29. The van der Waals surface area contributed by atoms with Crippen LogP contribution >= 0.6 is 11.8 Å². The predicted molar refractivity (Wildman–Crippen MR) is 120 cm³/mol. The molecular formula is C24H28N2O2S. The number of carbonyl (C=O) groups is 2. The molecule has 2 aromatic rings. The molecule has 152 valence electrons. The number of aryl methyl sites for hydroxylation is 2. The van der Waals surface area contributed by atoms with Gasteiger partial charge in [0.2, 0.25) is 11.8 Å². The number of anilines is 2. The summed E-state index contributed by atoms with van der Waals surface area (Å²) in [7, 11) is 0. The number of thioether (sulfide) groups is 1. The van der Waals surface area contributed by atoms with E-state index in [4.69, 9.17) is 0 Å². The number of nitrogens with one attached hydrogen (secondary N) is 1. The zero-order valence-corrected chi connectivity index (χ0v) is 17.9. The molecule has 0 aromatic heterocycles. The summed E-state index contributed by atoms with van der Waals surface area (Å²) in [6, 6.07) is 14.2. The third-order valence-electron chi connectivity index (χ3n) is 5.79. The molecule has 4 rings (SSSR count). The molecule has 5 heteroatoms. The Hall–Kier alpha value is -2.27. The Morgan fingerprint density at radius 1 is 1.00 bits per heavy atom. The minimum atomic E-state index is -0.0354. The molecule has 2 aromatic carbocycles. The summed E-state index contributed by atoms with van der Waals surface area (Å²) in [4.78, 5) is 27.0. The number of benzene rings is 2. The standard InChI is InChI=1S/C24H28N2O2S/c1-16-12-17(2)14-21(13-16)26-22(27)15-29-24(26)19-8-10-20(11-9-19)25-23(28)18-6-4-3-5-7-18/h8-14,18,24H,3-7,15H2,1-2H3,(H,25,28)/t24-/m1/s1. The van der Waals surface area contributed by atoms with Gasteiger partial charge in [-0.15, -0.1) is 11.8 Å². The summed E-state index contributed by atoms with van der Waals surface area (Å²) in [6.45, 7) is 4.12. The number of rotatable bonds is 4. The Kier molecular flexibility index (Phi) is 5.95. The van der Waals surface area contributed by atoms with Gasteiger partial charge in [-0.2, -0.15) is 0 Å². The third kappa shape index (κ3) is 4.50. The minimum absolute atomic E-state index is 0.0354. The number of nitrogens with zero attached hydrogens (tertiary/aromatic N) is 1. The van der Waals surface area contributed by atoms with E-state index in [1.165, 1.54) is 6.42 Å². The first-order valence-corrected chi connectivity index (χ1v) is 11.5.